The second kappa shape index (κ2) is 4.14. The number of para-hydroxylation sites is 1. The third-order valence-electron chi connectivity index (χ3n) is 3.13. The highest BCUT2D eigenvalue weighted by Gasteiger charge is 2.28. The van der Waals surface area contributed by atoms with Crippen LogP contribution in [0.15, 0.2) is 24.3 Å². The molecule has 0 spiro atoms. The molecule has 1 aromatic rings. The standard InChI is InChI=1S/C12H16N2O2/c1-8(12(13)16)14-7-6-11(15)9-4-2-3-5-10(9)14/h2-5,8,11,15H,6-7H2,1H3,(H2,13,16). The van der Waals surface area contributed by atoms with Gasteiger partial charge in [0, 0.05) is 17.8 Å². The summed E-state index contributed by atoms with van der Waals surface area (Å²) in [5.74, 6) is -0.341. The van der Waals surface area contributed by atoms with E-state index in [1.54, 1.807) is 6.92 Å². The smallest absolute Gasteiger partial charge is 0.239 e. The van der Waals surface area contributed by atoms with E-state index in [1.165, 1.54) is 0 Å². The van der Waals surface area contributed by atoms with Gasteiger partial charge >= 0.3 is 0 Å². The van der Waals surface area contributed by atoms with Crippen LogP contribution < -0.4 is 10.6 Å². The summed E-state index contributed by atoms with van der Waals surface area (Å²) >= 11 is 0. The van der Waals surface area contributed by atoms with Gasteiger partial charge in [0.05, 0.1) is 6.10 Å². The Kier molecular flexibility index (Phi) is 2.83. The maximum Gasteiger partial charge on any atom is 0.239 e. The summed E-state index contributed by atoms with van der Waals surface area (Å²) in [4.78, 5) is 13.2. The van der Waals surface area contributed by atoms with Crippen molar-refractivity contribution in [2.75, 3.05) is 11.4 Å². The Balaban J connectivity index is 2.38. The predicted octanol–water partition coefficient (Wildman–Crippen LogP) is 0.804. The van der Waals surface area contributed by atoms with E-state index in [0.29, 0.717) is 13.0 Å². The predicted molar refractivity (Wildman–Crippen MR) is 62.0 cm³/mol. The first-order valence-corrected chi connectivity index (χ1v) is 5.44. The molecule has 2 atom stereocenters. The molecule has 1 heterocycles. The third-order valence-corrected chi connectivity index (χ3v) is 3.13. The van der Waals surface area contributed by atoms with Gasteiger partial charge in [0.1, 0.15) is 6.04 Å². The average Bonchev–Trinajstić information content (AvgIpc) is 2.29. The lowest BCUT2D eigenvalue weighted by atomic mass is 9.97. The number of carbonyl (C=O) groups excluding carboxylic acids is 1. The fourth-order valence-corrected chi connectivity index (χ4v) is 2.12. The van der Waals surface area contributed by atoms with Crippen LogP contribution >= 0.6 is 0 Å². The van der Waals surface area contributed by atoms with Crippen molar-refractivity contribution in [1.29, 1.82) is 0 Å². The highest BCUT2D eigenvalue weighted by molar-refractivity contribution is 5.83. The fourth-order valence-electron chi connectivity index (χ4n) is 2.12. The number of aliphatic hydroxyl groups excluding tert-OH is 1. The monoisotopic (exact) mass is 220 g/mol. The Morgan fingerprint density at radius 3 is 2.94 bits per heavy atom. The number of hydrogen-bond acceptors (Lipinski definition) is 3. The van der Waals surface area contributed by atoms with Gasteiger partial charge < -0.3 is 15.7 Å². The summed E-state index contributed by atoms with van der Waals surface area (Å²) in [6, 6.07) is 7.25. The van der Waals surface area contributed by atoms with Crippen molar-refractivity contribution >= 4 is 11.6 Å². The van der Waals surface area contributed by atoms with Crippen molar-refractivity contribution in [2.45, 2.75) is 25.5 Å². The van der Waals surface area contributed by atoms with Crippen LogP contribution in [0.3, 0.4) is 0 Å². The highest BCUT2D eigenvalue weighted by atomic mass is 16.3. The van der Waals surface area contributed by atoms with Crippen LogP contribution in [0.1, 0.15) is 25.0 Å². The molecule has 0 radical (unpaired) electrons. The van der Waals surface area contributed by atoms with Gasteiger partial charge in [0.2, 0.25) is 5.91 Å². The van der Waals surface area contributed by atoms with Gasteiger partial charge in [-0.1, -0.05) is 18.2 Å². The average molecular weight is 220 g/mol. The Labute approximate surface area is 94.7 Å². The lowest BCUT2D eigenvalue weighted by Gasteiger charge is -2.36. The fraction of sp³-hybridized carbons (Fsp3) is 0.417. The van der Waals surface area contributed by atoms with E-state index in [2.05, 4.69) is 0 Å². The van der Waals surface area contributed by atoms with E-state index < -0.39 is 6.10 Å². The second-order valence-corrected chi connectivity index (χ2v) is 4.14. The summed E-state index contributed by atoms with van der Waals surface area (Å²) in [5, 5.41) is 9.86. The van der Waals surface area contributed by atoms with Crippen LogP contribution in [0.4, 0.5) is 5.69 Å². The lowest BCUT2D eigenvalue weighted by molar-refractivity contribution is -0.119. The van der Waals surface area contributed by atoms with Gasteiger partial charge in [0.25, 0.3) is 0 Å². The molecule has 0 saturated carbocycles. The number of fused-ring (bicyclic) bond motifs is 1. The van der Waals surface area contributed by atoms with Crippen LogP contribution in [0, 0.1) is 0 Å². The third kappa shape index (κ3) is 1.76. The molecule has 1 amide bonds. The van der Waals surface area contributed by atoms with Gasteiger partial charge in [-0.05, 0) is 19.4 Å². The van der Waals surface area contributed by atoms with E-state index >= 15 is 0 Å². The number of nitrogens with two attached hydrogens (primary N) is 1. The zero-order valence-corrected chi connectivity index (χ0v) is 9.26. The van der Waals surface area contributed by atoms with Crippen molar-refractivity contribution < 1.29 is 9.90 Å². The van der Waals surface area contributed by atoms with Crippen LogP contribution in [-0.4, -0.2) is 23.6 Å². The molecule has 0 fully saturated rings. The topological polar surface area (TPSA) is 66.6 Å². The normalized spacial score (nSPS) is 21.4. The van der Waals surface area contributed by atoms with Crippen LogP contribution in [0.25, 0.3) is 0 Å². The molecule has 86 valence electrons. The lowest BCUT2D eigenvalue weighted by Crippen LogP contribution is -2.45. The quantitative estimate of drug-likeness (QED) is 0.775. The molecule has 0 aromatic heterocycles. The minimum absolute atomic E-state index is 0.339. The minimum Gasteiger partial charge on any atom is -0.388 e. The molecule has 0 bridgehead atoms. The zero-order chi connectivity index (χ0) is 11.7. The minimum atomic E-state index is -0.437. The number of primary amides is 1. The number of anilines is 1. The van der Waals surface area contributed by atoms with E-state index in [4.69, 9.17) is 5.73 Å². The van der Waals surface area contributed by atoms with Crippen LogP contribution in [-0.2, 0) is 4.79 Å². The van der Waals surface area contributed by atoms with Crippen molar-refractivity contribution in [1.82, 2.24) is 0 Å². The molecular formula is C12H16N2O2. The van der Waals surface area contributed by atoms with Crippen molar-refractivity contribution in [3.05, 3.63) is 29.8 Å². The van der Waals surface area contributed by atoms with Gasteiger partial charge in [-0.15, -0.1) is 0 Å². The summed E-state index contributed by atoms with van der Waals surface area (Å²) < 4.78 is 0. The van der Waals surface area contributed by atoms with E-state index in [9.17, 15) is 9.90 Å². The number of nitrogens with zero attached hydrogens (tertiary/aromatic N) is 1. The zero-order valence-electron chi connectivity index (χ0n) is 9.26. The SMILES string of the molecule is CC(C(N)=O)N1CCC(O)c2ccccc21. The van der Waals surface area contributed by atoms with E-state index in [0.717, 1.165) is 11.3 Å². The van der Waals surface area contributed by atoms with Crippen molar-refractivity contribution in [2.24, 2.45) is 5.73 Å². The van der Waals surface area contributed by atoms with Crippen molar-refractivity contribution in [3.8, 4) is 0 Å². The second-order valence-electron chi connectivity index (χ2n) is 4.14. The van der Waals surface area contributed by atoms with Crippen molar-refractivity contribution in [3.63, 3.8) is 0 Å². The largest absolute Gasteiger partial charge is 0.388 e. The first-order valence-electron chi connectivity index (χ1n) is 5.44. The number of aliphatic hydroxyl groups is 1. The van der Waals surface area contributed by atoms with Crippen LogP contribution in [0.5, 0.6) is 0 Å². The maximum atomic E-state index is 11.2. The molecule has 0 saturated heterocycles. The Bertz CT molecular complexity index is 406. The molecule has 4 heteroatoms. The molecule has 1 aliphatic heterocycles. The van der Waals surface area contributed by atoms with Gasteiger partial charge in [0.15, 0.2) is 0 Å². The molecule has 16 heavy (non-hydrogen) atoms. The molecule has 0 aliphatic carbocycles. The summed E-state index contributed by atoms with van der Waals surface area (Å²) in [6.45, 7) is 2.44. The Morgan fingerprint density at radius 2 is 2.25 bits per heavy atom. The summed E-state index contributed by atoms with van der Waals surface area (Å²) in [7, 11) is 0. The maximum absolute atomic E-state index is 11.2. The number of hydrogen-bond donors (Lipinski definition) is 2. The van der Waals surface area contributed by atoms with Gasteiger partial charge in [-0.25, -0.2) is 0 Å². The molecule has 2 unspecified atom stereocenters. The van der Waals surface area contributed by atoms with Crippen LogP contribution in [0.2, 0.25) is 0 Å². The molecule has 4 nitrogen and oxygen atoms in total. The number of rotatable bonds is 2. The highest BCUT2D eigenvalue weighted by Crippen LogP contribution is 2.34. The molecule has 1 aliphatic rings. The summed E-state index contributed by atoms with van der Waals surface area (Å²) in [6.07, 6.45) is 0.196. The first-order chi connectivity index (χ1) is 7.61. The Hall–Kier alpha value is -1.55. The Morgan fingerprint density at radius 1 is 1.56 bits per heavy atom. The molecular weight excluding hydrogens is 204 g/mol. The van der Waals surface area contributed by atoms with Gasteiger partial charge in [-0.3, -0.25) is 4.79 Å². The first kappa shape index (κ1) is 11.0. The number of amides is 1. The number of benzene rings is 1. The van der Waals surface area contributed by atoms with Gasteiger partial charge in [-0.2, -0.15) is 0 Å². The number of carbonyl (C=O) groups is 1. The van der Waals surface area contributed by atoms with E-state index in [1.807, 2.05) is 29.2 Å². The summed E-state index contributed by atoms with van der Waals surface area (Å²) in [5.41, 5.74) is 7.10. The molecule has 2 rings (SSSR count). The molecule has 3 N–H and O–H groups in total. The molecule has 1 aromatic carbocycles. The van der Waals surface area contributed by atoms with E-state index in [-0.39, 0.29) is 11.9 Å².